The molecular formula is C17H23N5O2. The molecule has 128 valence electrons. The van der Waals surface area contributed by atoms with Crippen molar-refractivity contribution in [2.24, 2.45) is 7.05 Å². The second-order valence-electron chi connectivity index (χ2n) is 6.26. The zero-order chi connectivity index (χ0) is 17.1. The molecule has 0 radical (unpaired) electrons. The molecule has 0 atom stereocenters. The highest BCUT2D eigenvalue weighted by Gasteiger charge is 2.21. The first-order valence-corrected chi connectivity index (χ1v) is 8.16. The second-order valence-corrected chi connectivity index (χ2v) is 6.26. The molecule has 1 aromatic heterocycles. The number of anilines is 2. The highest BCUT2D eigenvalue weighted by atomic mass is 16.2. The van der Waals surface area contributed by atoms with Crippen molar-refractivity contribution < 1.29 is 0 Å². The van der Waals surface area contributed by atoms with Gasteiger partial charge in [0.05, 0.1) is 0 Å². The predicted octanol–water partition coefficient (Wildman–Crippen LogP) is 0.732. The van der Waals surface area contributed by atoms with Gasteiger partial charge in [0, 0.05) is 32.7 Å². The summed E-state index contributed by atoms with van der Waals surface area (Å²) in [6, 6.07) is 10.6. The average Bonchev–Trinajstić information content (AvgIpc) is 2.59. The van der Waals surface area contributed by atoms with Gasteiger partial charge in [-0.15, -0.1) is 0 Å². The van der Waals surface area contributed by atoms with E-state index in [1.807, 2.05) is 6.07 Å². The normalized spacial score (nSPS) is 16.2. The Labute approximate surface area is 140 Å². The fourth-order valence-electron chi connectivity index (χ4n) is 3.06. The van der Waals surface area contributed by atoms with Gasteiger partial charge >= 0.3 is 5.69 Å². The van der Waals surface area contributed by atoms with E-state index >= 15 is 0 Å². The molecule has 4 N–H and O–H groups in total. The maximum atomic E-state index is 12.0. The van der Waals surface area contributed by atoms with Crippen molar-refractivity contribution in [1.29, 1.82) is 0 Å². The third-order valence-corrected chi connectivity index (χ3v) is 4.55. The lowest BCUT2D eigenvalue weighted by Gasteiger charge is -2.32. The lowest BCUT2D eigenvalue weighted by molar-refractivity contribution is 0.211. The van der Waals surface area contributed by atoms with Crippen molar-refractivity contribution in [2.45, 2.75) is 25.4 Å². The average molecular weight is 329 g/mol. The zero-order valence-corrected chi connectivity index (χ0v) is 13.8. The number of hydrogen-bond donors (Lipinski definition) is 3. The summed E-state index contributed by atoms with van der Waals surface area (Å²) >= 11 is 0. The van der Waals surface area contributed by atoms with Gasteiger partial charge in [-0.3, -0.25) is 19.2 Å². The number of H-pyrrole nitrogens is 1. The first-order valence-electron chi connectivity index (χ1n) is 8.16. The first-order chi connectivity index (χ1) is 11.5. The van der Waals surface area contributed by atoms with Gasteiger partial charge in [-0.05, 0) is 18.4 Å². The Balaban J connectivity index is 1.61. The largest absolute Gasteiger partial charge is 0.383 e. The van der Waals surface area contributed by atoms with Crippen LogP contribution < -0.4 is 22.3 Å². The lowest BCUT2D eigenvalue weighted by Crippen LogP contribution is -2.41. The monoisotopic (exact) mass is 329 g/mol. The molecule has 7 nitrogen and oxygen atoms in total. The van der Waals surface area contributed by atoms with Crippen LogP contribution in [-0.2, 0) is 13.6 Å². The van der Waals surface area contributed by atoms with E-state index in [0.29, 0.717) is 5.69 Å². The summed E-state index contributed by atoms with van der Waals surface area (Å²) in [5, 5.41) is 3.21. The molecule has 2 heterocycles. The van der Waals surface area contributed by atoms with Crippen LogP contribution in [0.1, 0.15) is 18.4 Å². The van der Waals surface area contributed by atoms with Gasteiger partial charge in [-0.2, -0.15) is 0 Å². The SMILES string of the molecule is Cn1c(N)c(NC2CCN(Cc3ccccc3)CC2)c(=O)[nH]c1=O. The number of nitrogens with two attached hydrogens (primary N) is 1. The van der Waals surface area contributed by atoms with Crippen molar-refractivity contribution in [1.82, 2.24) is 14.5 Å². The first kappa shape index (κ1) is 16.3. The summed E-state index contributed by atoms with van der Waals surface area (Å²) < 4.78 is 1.24. The van der Waals surface area contributed by atoms with E-state index in [1.165, 1.54) is 10.1 Å². The number of nitrogen functional groups attached to an aromatic ring is 1. The lowest BCUT2D eigenvalue weighted by atomic mass is 10.0. The van der Waals surface area contributed by atoms with Crippen LogP contribution in [0.25, 0.3) is 0 Å². The number of nitrogens with one attached hydrogen (secondary N) is 2. The summed E-state index contributed by atoms with van der Waals surface area (Å²) in [6.45, 7) is 2.85. The van der Waals surface area contributed by atoms with Crippen LogP contribution >= 0.6 is 0 Å². The molecule has 1 saturated heterocycles. The van der Waals surface area contributed by atoms with E-state index in [4.69, 9.17) is 5.73 Å². The summed E-state index contributed by atoms with van der Waals surface area (Å²) in [4.78, 5) is 28.2. The third-order valence-electron chi connectivity index (χ3n) is 4.55. The molecule has 7 heteroatoms. The van der Waals surface area contributed by atoms with Crippen LogP contribution in [0.2, 0.25) is 0 Å². The zero-order valence-electron chi connectivity index (χ0n) is 13.8. The van der Waals surface area contributed by atoms with E-state index in [0.717, 1.165) is 32.5 Å². The highest BCUT2D eigenvalue weighted by Crippen LogP contribution is 2.18. The Morgan fingerprint density at radius 3 is 2.54 bits per heavy atom. The number of likely N-dealkylation sites (tertiary alicyclic amines) is 1. The molecule has 1 fully saturated rings. The predicted molar refractivity (Wildman–Crippen MR) is 95.1 cm³/mol. The number of aromatic nitrogens is 2. The van der Waals surface area contributed by atoms with Crippen molar-refractivity contribution in [3.8, 4) is 0 Å². The van der Waals surface area contributed by atoms with E-state index in [2.05, 4.69) is 39.5 Å². The maximum Gasteiger partial charge on any atom is 0.329 e. The summed E-state index contributed by atoms with van der Waals surface area (Å²) in [6.07, 6.45) is 1.85. The van der Waals surface area contributed by atoms with Crippen LogP contribution in [0.5, 0.6) is 0 Å². The van der Waals surface area contributed by atoms with Crippen molar-refractivity contribution in [3.05, 3.63) is 56.7 Å². The van der Waals surface area contributed by atoms with E-state index in [9.17, 15) is 9.59 Å². The summed E-state index contributed by atoms with van der Waals surface area (Å²) in [5.74, 6) is 0.176. The number of rotatable bonds is 4. The van der Waals surface area contributed by atoms with Crippen LogP contribution in [0.4, 0.5) is 11.5 Å². The van der Waals surface area contributed by atoms with Gasteiger partial charge in [0.2, 0.25) is 0 Å². The fourth-order valence-corrected chi connectivity index (χ4v) is 3.06. The molecule has 0 aliphatic carbocycles. The second kappa shape index (κ2) is 6.92. The molecule has 1 aliphatic heterocycles. The van der Waals surface area contributed by atoms with Crippen molar-refractivity contribution >= 4 is 11.5 Å². The minimum absolute atomic E-state index is 0.176. The Hall–Kier alpha value is -2.54. The van der Waals surface area contributed by atoms with E-state index in [1.54, 1.807) is 7.05 Å². The molecule has 0 unspecified atom stereocenters. The Kier molecular flexibility index (Phi) is 4.71. The molecule has 0 saturated carbocycles. The van der Waals surface area contributed by atoms with E-state index in [-0.39, 0.29) is 11.9 Å². The van der Waals surface area contributed by atoms with Crippen molar-refractivity contribution in [2.75, 3.05) is 24.1 Å². The van der Waals surface area contributed by atoms with Gasteiger partial charge < -0.3 is 11.1 Å². The number of nitrogens with zero attached hydrogens (tertiary/aromatic N) is 2. The molecule has 0 amide bonds. The molecule has 24 heavy (non-hydrogen) atoms. The van der Waals surface area contributed by atoms with Crippen LogP contribution in [0, 0.1) is 0 Å². The molecule has 3 rings (SSSR count). The maximum absolute atomic E-state index is 12.0. The fraction of sp³-hybridized carbons (Fsp3) is 0.412. The topological polar surface area (TPSA) is 96.2 Å². The highest BCUT2D eigenvalue weighted by molar-refractivity contribution is 5.60. The number of aromatic amines is 1. The Morgan fingerprint density at radius 1 is 1.21 bits per heavy atom. The molecule has 2 aromatic rings. The van der Waals surface area contributed by atoms with Gasteiger partial charge in [0.25, 0.3) is 5.56 Å². The quantitative estimate of drug-likeness (QED) is 0.768. The Bertz CT molecular complexity index is 804. The van der Waals surface area contributed by atoms with Crippen LogP contribution in [0.15, 0.2) is 39.9 Å². The number of piperidine rings is 1. The third kappa shape index (κ3) is 3.51. The van der Waals surface area contributed by atoms with Crippen LogP contribution in [0.3, 0.4) is 0 Å². The molecule has 0 bridgehead atoms. The Morgan fingerprint density at radius 2 is 1.88 bits per heavy atom. The molecule has 1 aliphatic rings. The summed E-state index contributed by atoms with van der Waals surface area (Å²) in [5.41, 5.74) is 6.54. The van der Waals surface area contributed by atoms with Gasteiger partial charge in [0.15, 0.2) is 0 Å². The molecule has 1 aromatic carbocycles. The van der Waals surface area contributed by atoms with Crippen molar-refractivity contribution in [3.63, 3.8) is 0 Å². The minimum Gasteiger partial charge on any atom is -0.383 e. The summed E-state index contributed by atoms with van der Waals surface area (Å²) in [7, 11) is 1.54. The smallest absolute Gasteiger partial charge is 0.329 e. The molecular weight excluding hydrogens is 306 g/mol. The number of benzene rings is 1. The molecule has 0 spiro atoms. The number of hydrogen-bond acceptors (Lipinski definition) is 5. The van der Waals surface area contributed by atoms with E-state index < -0.39 is 11.2 Å². The van der Waals surface area contributed by atoms with Gasteiger partial charge in [0.1, 0.15) is 11.5 Å². The standard InChI is InChI=1S/C17H23N5O2/c1-21-15(18)14(16(23)20-17(21)24)19-13-7-9-22(10-8-13)11-12-5-3-2-4-6-12/h2-6,13,19H,7-11,18H2,1H3,(H,20,23,24). The minimum atomic E-state index is -0.499. The van der Waals surface area contributed by atoms with Gasteiger partial charge in [-0.25, -0.2) is 4.79 Å². The van der Waals surface area contributed by atoms with Gasteiger partial charge in [-0.1, -0.05) is 30.3 Å². The van der Waals surface area contributed by atoms with Crippen LogP contribution in [-0.4, -0.2) is 33.6 Å².